The first-order valence-electron chi connectivity index (χ1n) is 9.19. The highest BCUT2D eigenvalue weighted by Crippen LogP contribution is 2.47. The number of hydrogen-bond donors (Lipinski definition) is 0. The standard InChI is InChI=1S/C19H16ClF4N3O3S/c1-27-14(19(22,23)24)8-31-17(27)25-13-6-9(11(20)7-12(13)21)15-10-4-3-5-18(10,30-26-15)16(28)29-2/h6-8,10H,3-5H2,1-2H3. The monoisotopic (exact) mass is 477 g/mol. The van der Waals surface area contributed by atoms with E-state index >= 15 is 0 Å². The fourth-order valence-corrected chi connectivity index (χ4v) is 5.14. The third-order valence-electron chi connectivity index (χ3n) is 5.51. The summed E-state index contributed by atoms with van der Waals surface area (Å²) in [4.78, 5) is 21.8. The van der Waals surface area contributed by atoms with Crippen molar-refractivity contribution in [3.8, 4) is 0 Å². The third kappa shape index (κ3) is 3.53. The number of thiazole rings is 1. The average molecular weight is 478 g/mol. The third-order valence-corrected chi connectivity index (χ3v) is 6.74. The number of rotatable bonds is 3. The minimum Gasteiger partial charge on any atom is -0.466 e. The van der Waals surface area contributed by atoms with E-state index in [1.165, 1.54) is 20.2 Å². The van der Waals surface area contributed by atoms with Crippen LogP contribution in [-0.4, -0.2) is 29.0 Å². The molecule has 2 heterocycles. The molecule has 2 atom stereocenters. The number of benzene rings is 1. The summed E-state index contributed by atoms with van der Waals surface area (Å²) >= 11 is 6.97. The Balaban J connectivity index is 1.77. The molecule has 0 amide bonds. The van der Waals surface area contributed by atoms with Gasteiger partial charge in [0.2, 0.25) is 5.60 Å². The number of aromatic nitrogens is 1. The molecule has 0 radical (unpaired) electrons. The molecule has 31 heavy (non-hydrogen) atoms. The van der Waals surface area contributed by atoms with E-state index in [9.17, 15) is 22.4 Å². The summed E-state index contributed by atoms with van der Waals surface area (Å²) in [6.07, 6.45) is -2.86. The summed E-state index contributed by atoms with van der Waals surface area (Å²) in [5.74, 6) is -1.80. The lowest BCUT2D eigenvalue weighted by atomic mass is 9.84. The topological polar surface area (TPSA) is 65.2 Å². The molecule has 1 saturated carbocycles. The van der Waals surface area contributed by atoms with Gasteiger partial charge in [0.25, 0.3) is 0 Å². The number of fused-ring (bicyclic) bond motifs is 1. The molecule has 4 rings (SSSR count). The van der Waals surface area contributed by atoms with Crippen molar-refractivity contribution in [3.05, 3.63) is 44.4 Å². The molecule has 0 bridgehead atoms. The van der Waals surface area contributed by atoms with E-state index in [0.29, 0.717) is 30.5 Å². The van der Waals surface area contributed by atoms with Crippen molar-refractivity contribution >= 4 is 40.3 Å². The molecule has 0 N–H and O–H groups in total. The summed E-state index contributed by atoms with van der Waals surface area (Å²) < 4.78 is 59.4. The Morgan fingerprint density at radius 3 is 2.84 bits per heavy atom. The highest BCUT2D eigenvalue weighted by Gasteiger charge is 2.59. The SMILES string of the molecule is COC(=O)C12CCCC1C(c1cc(N=c3scc(C(F)(F)F)n3C)c(F)cc1Cl)=NO2. The largest absolute Gasteiger partial charge is 0.466 e. The lowest BCUT2D eigenvalue weighted by molar-refractivity contribution is -0.168. The van der Waals surface area contributed by atoms with Gasteiger partial charge in [-0.2, -0.15) is 13.2 Å². The number of halogens is 5. The van der Waals surface area contributed by atoms with E-state index < -0.39 is 35.2 Å². The maximum Gasteiger partial charge on any atom is 0.432 e. The maximum absolute atomic E-state index is 14.6. The van der Waals surface area contributed by atoms with Gasteiger partial charge >= 0.3 is 12.1 Å². The normalized spacial score (nSPS) is 23.5. The summed E-state index contributed by atoms with van der Waals surface area (Å²) in [7, 11) is 2.46. The van der Waals surface area contributed by atoms with Crippen molar-refractivity contribution < 1.29 is 31.9 Å². The van der Waals surface area contributed by atoms with Gasteiger partial charge in [-0.3, -0.25) is 0 Å². The summed E-state index contributed by atoms with van der Waals surface area (Å²) in [5, 5.41) is 4.97. The van der Waals surface area contributed by atoms with Crippen LogP contribution in [0, 0.1) is 11.7 Å². The number of esters is 1. The molecule has 1 aliphatic carbocycles. The lowest BCUT2D eigenvalue weighted by Gasteiger charge is -2.23. The molecule has 2 aromatic rings. The molecule has 2 aliphatic rings. The molecule has 166 valence electrons. The molecular formula is C19H16ClF4N3O3S. The van der Waals surface area contributed by atoms with Crippen molar-refractivity contribution in [3.63, 3.8) is 0 Å². The second kappa shape index (κ2) is 7.63. The van der Waals surface area contributed by atoms with E-state index in [-0.39, 0.29) is 15.5 Å². The second-order valence-electron chi connectivity index (χ2n) is 7.25. The maximum atomic E-state index is 14.6. The minimum absolute atomic E-state index is 0.0258. The van der Waals surface area contributed by atoms with E-state index in [1.54, 1.807) is 0 Å². The zero-order valence-electron chi connectivity index (χ0n) is 16.3. The van der Waals surface area contributed by atoms with Gasteiger partial charge < -0.3 is 14.1 Å². The Morgan fingerprint density at radius 1 is 1.45 bits per heavy atom. The van der Waals surface area contributed by atoms with Crippen LogP contribution in [0.25, 0.3) is 0 Å². The van der Waals surface area contributed by atoms with Crippen molar-refractivity contribution in [2.45, 2.75) is 31.0 Å². The minimum atomic E-state index is -4.56. The number of alkyl halides is 3. The van der Waals surface area contributed by atoms with Gasteiger partial charge in [0, 0.05) is 24.4 Å². The van der Waals surface area contributed by atoms with Crippen LogP contribution in [0.15, 0.2) is 27.7 Å². The average Bonchev–Trinajstić information content (AvgIpc) is 3.37. The number of carbonyl (C=O) groups excluding carboxylic acids is 1. The first-order valence-corrected chi connectivity index (χ1v) is 10.4. The summed E-state index contributed by atoms with van der Waals surface area (Å²) in [6, 6.07) is 2.32. The zero-order valence-corrected chi connectivity index (χ0v) is 17.9. The zero-order chi connectivity index (χ0) is 22.6. The predicted octanol–water partition coefficient (Wildman–Crippen LogP) is 4.58. The van der Waals surface area contributed by atoms with E-state index in [1.807, 2.05) is 0 Å². The summed E-state index contributed by atoms with van der Waals surface area (Å²) in [6.45, 7) is 0. The van der Waals surface area contributed by atoms with Crippen LogP contribution in [0.2, 0.25) is 5.02 Å². The van der Waals surface area contributed by atoms with Crippen molar-refractivity contribution in [1.82, 2.24) is 4.57 Å². The molecule has 12 heteroatoms. The molecule has 1 fully saturated rings. The summed E-state index contributed by atoms with van der Waals surface area (Å²) in [5.41, 5.74) is -1.69. The van der Waals surface area contributed by atoms with Crippen LogP contribution >= 0.6 is 22.9 Å². The number of ether oxygens (including phenoxy) is 1. The molecular weight excluding hydrogens is 462 g/mol. The Bertz CT molecular complexity index is 1160. The van der Waals surface area contributed by atoms with Gasteiger partial charge in [0.1, 0.15) is 17.2 Å². The quantitative estimate of drug-likeness (QED) is 0.480. The smallest absolute Gasteiger partial charge is 0.432 e. The van der Waals surface area contributed by atoms with Crippen LogP contribution < -0.4 is 4.80 Å². The van der Waals surface area contributed by atoms with Gasteiger partial charge in [-0.15, -0.1) is 11.3 Å². The number of methoxy groups -OCH3 is 1. The van der Waals surface area contributed by atoms with Gasteiger partial charge in [0.15, 0.2) is 4.80 Å². The highest BCUT2D eigenvalue weighted by molar-refractivity contribution is 7.07. The Morgan fingerprint density at radius 2 is 2.19 bits per heavy atom. The number of nitrogens with zero attached hydrogens (tertiary/aromatic N) is 3. The fourth-order valence-electron chi connectivity index (χ4n) is 3.98. The van der Waals surface area contributed by atoms with Crippen molar-refractivity contribution in [2.75, 3.05) is 7.11 Å². The van der Waals surface area contributed by atoms with Crippen molar-refractivity contribution in [1.29, 1.82) is 0 Å². The number of hydrogen-bond acceptors (Lipinski definition) is 6. The predicted molar refractivity (Wildman–Crippen MR) is 105 cm³/mol. The molecule has 1 aromatic carbocycles. The molecule has 1 aliphatic heterocycles. The molecule has 0 saturated heterocycles. The van der Waals surface area contributed by atoms with Crippen LogP contribution in [0.1, 0.15) is 30.5 Å². The van der Waals surface area contributed by atoms with Crippen LogP contribution in [0.4, 0.5) is 23.2 Å². The fraction of sp³-hybridized carbons (Fsp3) is 0.421. The molecule has 1 aromatic heterocycles. The van der Waals surface area contributed by atoms with Crippen LogP contribution in [0.3, 0.4) is 0 Å². The van der Waals surface area contributed by atoms with Gasteiger partial charge in [-0.05, 0) is 25.0 Å². The highest BCUT2D eigenvalue weighted by atomic mass is 35.5. The van der Waals surface area contributed by atoms with Crippen LogP contribution in [0.5, 0.6) is 0 Å². The first kappa shape index (κ1) is 21.8. The lowest BCUT2D eigenvalue weighted by Crippen LogP contribution is -2.43. The number of carbonyl (C=O) groups is 1. The number of oxime groups is 1. The van der Waals surface area contributed by atoms with E-state index in [0.717, 1.165) is 27.4 Å². The molecule has 6 nitrogen and oxygen atoms in total. The molecule has 0 spiro atoms. The Hall–Kier alpha value is -2.40. The van der Waals surface area contributed by atoms with Crippen molar-refractivity contribution in [2.24, 2.45) is 23.1 Å². The van der Waals surface area contributed by atoms with Crippen LogP contribution in [-0.2, 0) is 27.6 Å². The Labute approximate surface area is 182 Å². The van der Waals surface area contributed by atoms with E-state index in [4.69, 9.17) is 21.2 Å². The van der Waals surface area contributed by atoms with E-state index in [2.05, 4.69) is 10.1 Å². The first-order chi connectivity index (χ1) is 14.6. The Kier molecular flexibility index (Phi) is 5.37. The van der Waals surface area contributed by atoms with Gasteiger partial charge in [-0.25, -0.2) is 14.2 Å². The molecule has 2 unspecified atom stereocenters. The van der Waals surface area contributed by atoms with Gasteiger partial charge in [-0.1, -0.05) is 16.8 Å². The van der Waals surface area contributed by atoms with Gasteiger partial charge in [0.05, 0.1) is 23.8 Å². The second-order valence-corrected chi connectivity index (χ2v) is 8.49.